The molecule has 0 aliphatic carbocycles. The second-order valence-corrected chi connectivity index (χ2v) is 4.42. The average Bonchev–Trinajstić information content (AvgIpc) is 2.39. The molecule has 92 valence electrons. The van der Waals surface area contributed by atoms with Gasteiger partial charge in [-0.2, -0.15) is 0 Å². The predicted octanol–water partition coefficient (Wildman–Crippen LogP) is 3.30. The normalized spacial score (nSPS) is 12.1. The first-order valence-electron chi connectivity index (χ1n) is 5.99. The minimum atomic E-state index is -0.738. The van der Waals surface area contributed by atoms with Gasteiger partial charge in [-0.1, -0.05) is 60.2 Å². The van der Waals surface area contributed by atoms with Crippen LogP contribution in [0.3, 0.4) is 0 Å². The van der Waals surface area contributed by atoms with Crippen molar-refractivity contribution in [1.29, 1.82) is 0 Å². The molecule has 0 fully saturated rings. The van der Waals surface area contributed by atoms with E-state index < -0.39 is 6.10 Å². The van der Waals surface area contributed by atoms with Gasteiger partial charge in [0.15, 0.2) is 5.78 Å². The number of carbonyl (C=O) groups is 1. The highest BCUT2D eigenvalue weighted by molar-refractivity contribution is 5.96. The molecule has 2 aromatic carbocycles. The minimum Gasteiger partial charge on any atom is -0.388 e. The van der Waals surface area contributed by atoms with Crippen LogP contribution in [0.25, 0.3) is 0 Å². The molecular formula is C16H16O2. The van der Waals surface area contributed by atoms with Gasteiger partial charge in [0, 0.05) is 12.0 Å². The Balaban J connectivity index is 2.08. The molecule has 18 heavy (non-hydrogen) atoms. The largest absolute Gasteiger partial charge is 0.388 e. The maximum Gasteiger partial charge on any atom is 0.165 e. The molecule has 0 aromatic heterocycles. The van der Waals surface area contributed by atoms with Gasteiger partial charge in [0.1, 0.15) is 0 Å². The van der Waals surface area contributed by atoms with Gasteiger partial charge in [0.2, 0.25) is 0 Å². The van der Waals surface area contributed by atoms with Crippen LogP contribution < -0.4 is 0 Å². The molecule has 0 amide bonds. The van der Waals surface area contributed by atoms with E-state index in [0.717, 1.165) is 11.1 Å². The summed E-state index contributed by atoms with van der Waals surface area (Å²) < 4.78 is 0. The van der Waals surface area contributed by atoms with Gasteiger partial charge in [-0.3, -0.25) is 4.79 Å². The highest BCUT2D eigenvalue weighted by Gasteiger charge is 2.14. The van der Waals surface area contributed by atoms with Crippen molar-refractivity contribution in [2.75, 3.05) is 0 Å². The Bertz CT molecular complexity index is 532. The van der Waals surface area contributed by atoms with Crippen molar-refractivity contribution in [3.63, 3.8) is 0 Å². The quantitative estimate of drug-likeness (QED) is 0.832. The Hall–Kier alpha value is -1.93. The summed E-state index contributed by atoms with van der Waals surface area (Å²) >= 11 is 0. The molecule has 2 nitrogen and oxygen atoms in total. The first-order chi connectivity index (χ1) is 8.66. The highest BCUT2D eigenvalue weighted by atomic mass is 16.3. The Morgan fingerprint density at radius 2 is 1.83 bits per heavy atom. The van der Waals surface area contributed by atoms with Crippen LogP contribution in [0.2, 0.25) is 0 Å². The zero-order valence-electron chi connectivity index (χ0n) is 10.3. The fraction of sp³-hybridized carbons (Fsp3) is 0.188. The topological polar surface area (TPSA) is 37.3 Å². The van der Waals surface area contributed by atoms with Crippen LogP contribution >= 0.6 is 0 Å². The molecule has 1 atom stereocenters. The summed E-state index contributed by atoms with van der Waals surface area (Å²) in [5.41, 5.74) is 2.52. The Labute approximate surface area is 107 Å². The molecule has 0 heterocycles. The number of carbonyl (C=O) groups excluding carboxylic acids is 1. The summed E-state index contributed by atoms with van der Waals surface area (Å²) in [5.74, 6) is -0.0374. The lowest BCUT2D eigenvalue weighted by molar-refractivity contribution is 0.0880. The van der Waals surface area contributed by atoms with Crippen molar-refractivity contribution in [1.82, 2.24) is 0 Å². The second-order valence-electron chi connectivity index (χ2n) is 4.42. The Kier molecular flexibility index (Phi) is 3.90. The number of hydrogen-bond acceptors (Lipinski definition) is 2. The third-order valence-electron chi connectivity index (χ3n) is 2.90. The molecule has 0 bridgehead atoms. The van der Waals surface area contributed by atoms with Gasteiger partial charge >= 0.3 is 0 Å². The summed E-state index contributed by atoms with van der Waals surface area (Å²) in [6, 6.07) is 16.7. The fourth-order valence-corrected chi connectivity index (χ4v) is 1.91. The molecule has 1 N–H and O–H groups in total. The number of aryl methyl sites for hydroxylation is 1. The average molecular weight is 240 g/mol. The Morgan fingerprint density at radius 1 is 1.11 bits per heavy atom. The number of hydrogen-bond donors (Lipinski definition) is 1. The molecule has 2 aromatic rings. The zero-order chi connectivity index (χ0) is 13.0. The molecule has 0 aliphatic rings. The lowest BCUT2D eigenvalue weighted by atomic mass is 9.99. The summed E-state index contributed by atoms with van der Waals surface area (Å²) in [6.45, 7) is 1.97. The number of aliphatic hydroxyl groups excluding tert-OH is 1. The van der Waals surface area contributed by atoms with E-state index in [0.29, 0.717) is 5.56 Å². The molecule has 2 heteroatoms. The molecule has 0 aliphatic heterocycles. The van der Waals surface area contributed by atoms with Crippen molar-refractivity contribution in [3.8, 4) is 0 Å². The summed E-state index contributed by atoms with van der Waals surface area (Å²) in [7, 11) is 0. The van der Waals surface area contributed by atoms with Crippen LogP contribution in [0.1, 0.15) is 34.0 Å². The predicted molar refractivity (Wildman–Crippen MR) is 71.5 cm³/mol. The van der Waals surface area contributed by atoms with Crippen LogP contribution in [0.15, 0.2) is 54.6 Å². The second kappa shape index (κ2) is 5.61. The van der Waals surface area contributed by atoms with Gasteiger partial charge < -0.3 is 5.11 Å². The van der Waals surface area contributed by atoms with Crippen LogP contribution in [-0.4, -0.2) is 10.9 Å². The van der Waals surface area contributed by atoms with Crippen LogP contribution in [0, 0.1) is 6.92 Å². The van der Waals surface area contributed by atoms with Crippen molar-refractivity contribution >= 4 is 5.78 Å². The first-order valence-corrected chi connectivity index (χ1v) is 5.99. The monoisotopic (exact) mass is 240 g/mol. The number of rotatable bonds is 4. The first kappa shape index (κ1) is 12.5. The third kappa shape index (κ3) is 3.05. The van der Waals surface area contributed by atoms with E-state index in [1.807, 2.05) is 49.4 Å². The molecule has 2 rings (SSSR count). The minimum absolute atomic E-state index is 0.0374. The van der Waals surface area contributed by atoms with Gasteiger partial charge in [0.25, 0.3) is 0 Å². The van der Waals surface area contributed by atoms with Crippen molar-refractivity contribution in [2.45, 2.75) is 19.4 Å². The Morgan fingerprint density at radius 3 is 2.50 bits per heavy atom. The molecule has 0 unspecified atom stereocenters. The van der Waals surface area contributed by atoms with Gasteiger partial charge in [-0.15, -0.1) is 0 Å². The van der Waals surface area contributed by atoms with E-state index in [-0.39, 0.29) is 12.2 Å². The number of ketones is 1. The van der Waals surface area contributed by atoms with E-state index in [2.05, 4.69) is 0 Å². The molecule has 0 saturated heterocycles. The standard InChI is InChI=1S/C16H16O2/c1-12-6-5-9-14(10-12)16(18)11-15(17)13-7-3-2-4-8-13/h2-10,16,18H,11H2,1H3/t16-/m1/s1. The maximum absolute atomic E-state index is 12.0. The van der Waals surface area contributed by atoms with Crippen LogP contribution in [-0.2, 0) is 0 Å². The smallest absolute Gasteiger partial charge is 0.165 e. The van der Waals surface area contributed by atoms with Crippen molar-refractivity contribution in [2.24, 2.45) is 0 Å². The van der Waals surface area contributed by atoms with E-state index >= 15 is 0 Å². The molecular weight excluding hydrogens is 224 g/mol. The zero-order valence-corrected chi connectivity index (χ0v) is 10.3. The maximum atomic E-state index is 12.0. The van der Waals surface area contributed by atoms with Gasteiger partial charge in [-0.25, -0.2) is 0 Å². The van der Waals surface area contributed by atoms with Crippen molar-refractivity contribution < 1.29 is 9.90 Å². The van der Waals surface area contributed by atoms with Crippen LogP contribution in [0.4, 0.5) is 0 Å². The van der Waals surface area contributed by atoms with E-state index in [1.54, 1.807) is 12.1 Å². The van der Waals surface area contributed by atoms with E-state index in [9.17, 15) is 9.90 Å². The third-order valence-corrected chi connectivity index (χ3v) is 2.90. The van der Waals surface area contributed by atoms with Gasteiger partial charge in [0.05, 0.1) is 6.10 Å². The van der Waals surface area contributed by atoms with E-state index in [1.165, 1.54) is 0 Å². The van der Waals surface area contributed by atoms with Gasteiger partial charge in [-0.05, 0) is 12.5 Å². The SMILES string of the molecule is Cc1cccc([C@H](O)CC(=O)c2ccccc2)c1. The molecule has 0 spiro atoms. The number of Topliss-reactive ketones (excluding diaryl/α,β-unsaturated/α-hetero) is 1. The van der Waals surface area contributed by atoms with E-state index in [4.69, 9.17) is 0 Å². The lowest BCUT2D eigenvalue weighted by Crippen LogP contribution is -2.07. The van der Waals surface area contributed by atoms with Crippen LogP contribution in [0.5, 0.6) is 0 Å². The summed E-state index contributed by atoms with van der Waals surface area (Å²) in [5, 5.41) is 10.1. The highest BCUT2D eigenvalue weighted by Crippen LogP contribution is 2.19. The summed E-state index contributed by atoms with van der Waals surface area (Å²) in [6.07, 6.45) is -0.620. The summed E-state index contributed by atoms with van der Waals surface area (Å²) in [4.78, 5) is 12.0. The molecule has 0 radical (unpaired) electrons. The number of benzene rings is 2. The molecule has 0 saturated carbocycles. The number of aliphatic hydroxyl groups is 1. The van der Waals surface area contributed by atoms with Crippen molar-refractivity contribution in [3.05, 3.63) is 71.3 Å². The lowest BCUT2D eigenvalue weighted by Gasteiger charge is -2.10. The fourth-order valence-electron chi connectivity index (χ4n) is 1.91.